The van der Waals surface area contributed by atoms with Crippen LogP contribution in [0.4, 0.5) is 0 Å². The minimum Gasteiger partial charge on any atom is -0.481 e. The molecule has 7 unspecified atom stereocenters. The van der Waals surface area contributed by atoms with Gasteiger partial charge in [-0.05, 0) is 88.1 Å². The number of methoxy groups -OCH3 is 1. The van der Waals surface area contributed by atoms with E-state index in [0.29, 0.717) is 116 Å². The molecule has 7 aliphatic heterocycles. The number of likely N-dealkylation sites (tertiary alicyclic amines) is 7. The number of aliphatic hydroxyl groups excluding tert-OH is 1. The van der Waals surface area contributed by atoms with Crippen LogP contribution in [-0.4, -0.2) is 316 Å². The summed E-state index contributed by atoms with van der Waals surface area (Å²) < 4.78 is 30.5. The summed E-state index contributed by atoms with van der Waals surface area (Å²) in [5.74, 6) is -10.3. The minimum absolute atomic E-state index is 0.00296. The van der Waals surface area contributed by atoms with Crippen molar-refractivity contribution in [2.45, 2.75) is 227 Å². The Morgan fingerprint density at radius 3 is 0.976 bits per heavy atom. The lowest BCUT2D eigenvalue weighted by molar-refractivity contribution is -0.146. The van der Waals surface area contributed by atoms with E-state index in [2.05, 4.69) is 18.9 Å². The second-order valence-electron chi connectivity index (χ2n) is 30.3. The fraction of sp³-hybridized carbons (Fsp3) is 0.724. The number of carboxylic acid groups (broad SMARTS) is 2. The number of hydrogen-bond acceptors (Lipinski definition) is 29. The Balaban J connectivity index is 0. The Morgan fingerprint density at radius 1 is 0.448 bits per heavy atom. The van der Waals surface area contributed by atoms with Gasteiger partial charge in [-0.25, -0.2) is 0 Å². The van der Waals surface area contributed by atoms with Crippen LogP contribution in [0.25, 0.3) is 10.4 Å². The van der Waals surface area contributed by atoms with E-state index in [4.69, 9.17) is 78.2 Å². The van der Waals surface area contributed by atoms with E-state index < -0.39 is 148 Å². The second-order valence-corrected chi connectivity index (χ2v) is 31.9. The quantitative estimate of drug-likeness (QED) is 0.00527. The van der Waals surface area contributed by atoms with Crippen molar-refractivity contribution in [2.24, 2.45) is 104 Å². The van der Waals surface area contributed by atoms with Gasteiger partial charge in [0.25, 0.3) is 10.1 Å². The standard InChI is InChI=1S/C10H18N2O5S.C10H16N2O4.C10H16N2O3.C9H15N5O2.C9H17N3O2.C9H14N2O4.C9H16N2O3.C6H8O4.C4H10N2O/c1-3-8(10(11)14)12-5-7(4-9(12)13)6-17-18(2,15)16;1-2-7(10(11)16)12-5-6(3-8(12)13)4-9(14)15;1-3-8(10(11)15)12-5-7(6(2)13)4-9(12)14;1-2-7(9(10)16)14-5-6(3-8(14)15)4-12-13-11;1-2-7(9(11)14)12-5-6(4-10)3-8(12)13;1-2-6(8(10)13)11-4-5(9(14)15)3-7(11)12;1-2-7(9(10)14)11-4-6(5-12)3-8(11)13;1-4(7)5(8)3-6(9)10-2;1-2-3(5)4(6)7/h7-8H,3-6H2,1-2H3,(H2,11,14);6-7H,2-5H2,1H3,(H2,11,16)(H,14,15);7-8H,3-5H2,1-2H3,(H2,11,15);6-7H,2-5H2,1H3,(H2,10,16);6-7H,2-5,10H2,1H3,(H2,11,14);5-6H,2-4H2,1H3,(H2,10,13)(H,14,15);6-7,12H,2-5H2,1H3,(H2,10,14);3H2,1-2H3;3H,2,5H2,1H3,(H2,6,7)/t7?,8-;6?,7-;7?,8-;2*6?,7-;5?,6-;6?,7-;;3-/m0000000.0/s1. The molecule has 125 heavy (non-hydrogen) atoms. The first-order valence-electron chi connectivity index (χ1n) is 40.6. The van der Waals surface area contributed by atoms with Crippen LogP contribution >= 0.6 is 0 Å². The van der Waals surface area contributed by atoms with Gasteiger partial charge >= 0.3 is 17.9 Å². The van der Waals surface area contributed by atoms with Crippen LogP contribution < -0.4 is 57.3 Å². The fourth-order valence-corrected chi connectivity index (χ4v) is 14.3. The first-order valence-corrected chi connectivity index (χ1v) is 42.4. The third kappa shape index (κ3) is 40.4. The second kappa shape index (κ2) is 57.9. The smallest absolute Gasteiger partial charge is 0.313 e. The Hall–Kier alpha value is -11.4. The number of aliphatic hydroxyl groups is 1. The van der Waals surface area contributed by atoms with Crippen LogP contribution in [0.1, 0.15) is 178 Å². The number of Topliss-reactive ketones (excluding diaryl/α,β-unsaturated/α-hetero) is 3. The maximum absolute atomic E-state index is 11.7. The van der Waals surface area contributed by atoms with E-state index in [9.17, 15) is 109 Å². The topological polar surface area (TPSA) is 803 Å². The van der Waals surface area contributed by atoms with E-state index in [0.717, 1.165) is 20.3 Å². The predicted octanol–water partition coefficient (Wildman–Crippen LogP) is -5.01. The number of nitrogens with two attached hydrogens (primary N) is 10. The molecule has 15 atom stereocenters. The highest BCUT2D eigenvalue weighted by atomic mass is 32.2. The Morgan fingerprint density at radius 2 is 0.736 bits per heavy atom. The van der Waals surface area contributed by atoms with Gasteiger partial charge in [-0.2, -0.15) is 8.42 Å². The zero-order valence-corrected chi connectivity index (χ0v) is 74.0. The zero-order valence-electron chi connectivity index (χ0n) is 73.2. The summed E-state index contributed by atoms with van der Waals surface area (Å²) in [6.07, 6.45) is 6.11. The van der Waals surface area contributed by atoms with Gasteiger partial charge in [0.2, 0.25) is 94.4 Å². The van der Waals surface area contributed by atoms with E-state index in [1.807, 2.05) is 27.7 Å². The highest BCUT2D eigenvalue weighted by Crippen LogP contribution is 2.28. The molecule has 0 spiro atoms. The molecule has 0 aromatic carbocycles. The molecule has 48 nitrogen and oxygen atoms in total. The molecule has 708 valence electrons. The molecule has 0 aromatic heterocycles. The fourth-order valence-electron chi connectivity index (χ4n) is 13.9. The Bertz CT molecular complexity index is 3780. The number of amides is 15. The first-order chi connectivity index (χ1) is 58.2. The summed E-state index contributed by atoms with van der Waals surface area (Å²) in [6, 6.07) is -4.45. The molecule has 0 aromatic rings. The average Bonchev–Trinajstić information content (AvgIpc) is 1.23. The molecule has 0 radical (unpaired) electrons. The Kier molecular flexibility index (Phi) is 53.6. The van der Waals surface area contributed by atoms with Crippen molar-refractivity contribution in [3.63, 3.8) is 0 Å². The molecule has 0 saturated carbocycles. The van der Waals surface area contributed by atoms with Crippen molar-refractivity contribution < 1.29 is 133 Å². The molecule has 23 N–H and O–H groups in total. The number of carboxylic acids is 2. The number of nitrogens with zero attached hydrogens (tertiary/aromatic N) is 10. The van der Waals surface area contributed by atoms with Gasteiger partial charge in [0.15, 0.2) is 5.78 Å². The molecule has 7 aliphatic rings. The number of ether oxygens (including phenoxy) is 1. The molecule has 7 rings (SSSR count). The maximum Gasteiger partial charge on any atom is 0.313 e. The number of aliphatic carboxylic acids is 2. The van der Waals surface area contributed by atoms with Crippen LogP contribution in [0.2, 0.25) is 0 Å². The lowest BCUT2D eigenvalue weighted by Crippen LogP contribution is -2.45. The number of carbonyl (C=O) groups excluding carboxylic acids is 19. The Labute approximate surface area is 725 Å². The summed E-state index contributed by atoms with van der Waals surface area (Å²) in [7, 11) is -2.35. The third-order valence-corrected chi connectivity index (χ3v) is 21.3. The predicted molar refractivity (Wildman–Crippen MR) is 443 cm³/mol. The lowest BCUT2D eigenvalue weighted by atomic mass is 10.1. The van der Waals surface area contributed by atoms with E-state index in [1.54, 1.807) is 32.6 Å². The molecule has 0 aliphatic carbocycles. The summed E-state index contributed by atoms with van der Waals surface area (Å²) in [5, 5.41) is 29.7. The van der Waals surface area contributed by atoms with Gasteiger partial charge in [-0.1, -0.05) is 60.5 Å². The van der Waals surface area contributed by atoms with Crippen molar-refractivity contribution >= 4 is 134 Å². The molecule has 15 amide bonds. The summed E-state index contributed by atoms with van der Waals surface area (Å²) in [4.78, 5) is 245. The van der Waals surface area contributed by atoms with E-state index >= 15 is 0 Å². The largest absolute Gasteiger partial charge is 0.481 e. The van der Waals surface area contributed by atoms with Gasteiger partial charge in [0.1, 0.15) is 54.5 Å². The SMILES string of the molecule is CC[C@@H](C(N)=O)N1CC(C(=O)O)CC1=O.CC[C@@H](C(N)=O)N1CC(C(C)=O)CC1=O.CC[C@@H](C(N)=O)N1CC(CC(=O)O)CC1=O.CC[C@@H](C(N)=O)N1CC(CN)CC1=O.CC[C@@H](C(N)=O)N1CC(CN=[N+]=[N-])CC1=O.CC[C@@H](C(N)=O)N1CC(CO)CC1=O.CC[C@@H](C(N)=O)N1CC(COS(C)(=O)=O)CC1=O.CC[C@H](N)C(N)=O.COC(=O)CC(=O)C(C)=O. The van der Waals surface area contributed by atoms with Crippen molar-refractivity contribution in [1.29, 1.82) is 0 Å². The molecule has 7 heterocycles. The van der Waals surface area contributed by atoms with E-state index in [-0.39, 0.29) is 141 Å². The lowest BCUT2D eigenvalue weighted by Gasteiger charge is -2.24. The number of rotatable bonds is 37. The molecular weight excluding hydrogens is 1670 g/mol. The molecule has 7 fully saturated rings. The molecule has 0 bridgehead atoms. The number of ketones is 3. The first kappa shape index (κ1) is 116. The molecular formula is C76H130N20O28S. The number of primary amides is 8. The van der Waals surface area contributed by atoms with Crippen LogP contribution in [0.5, 0.6) is 0 Å². The number of carbonyl (C=O) groups is 21. The summed E-state index contributed by atoms with van der Waals surface area (Å²) in [5.41, 5.74) is 59.9. The van der Waals surface area contributed by atoms with Crippen molar-refractivity contribution in [2.75, 3.05) is 85.5 Å². The van der Waals surface area contributed by atoms with Gasteiger partial charge in [-0.15, -0.1) is 0 Å². The monoisotopic (exact) mass is 1800 g/mol. The number of hydrogen-bond donors (Lipinski definition) is 13. The molecule has 49 heteroatoms. The van der Waals surface area contributed by atoms with Crippen LogP contribution in [0.15, 0.2) is 5.11 Å². The van der Waals surface area contributed by atoms with Gasteiger partial charge in [-0.3, -0.25) is 105 Å². The minimum atomic E-state index is -3.51. The van der Waals surface area contributed by atoms with Crippen LogP contribution in [0, 0.1) is 41.4 Å². The van der Waals surface area contributed by atoms with Crippen molar-refractivity contribution in [3.8, 4) is 0 Å². The van der Waals surface area contributed by atoms with Crippen LogP contribution in [0.3, 0.4) is 0 Å². The number of azide groups is 1. The third-order valence-electron chi connectivity index (χ3n) is 20.8. The van der Waals surface area contributed by atoms with Gasteiger partial charge in [0.05, 0.1) is 38.4 Å². The van der Waals surface area contributed by atoms with Crippen molar-refractivity contribution in [1.82, 2.24) is 34.3 Å². The zero-order chi connectivity index (χ0) is 97.0. The highest BCUT2D eigenvalue weighted by Gasteiger charge is 2.43. The van der Waals surface area contributed by atoms with Crippen LogP contribution in [-0.2, 0) is 120 Å². The summed E-state index contributed by atoms with van der Waals surface area (Å²) in [6.45, 7) is 20.1. The summed E-state index contributed by atoms with van der Waals surface area (Å²) >= 11 is 0. The average molecular weight is 1800 g/mol. The molecule has 7 saturated heterocycles. The van der Waals surface area contributed by atoms with E-state index in [1.165, 1.54) is 36.3 Å². The normalized spacial score (nSPS) is 21.1. The van der Waals surface area contributed by atoms with Crippen molar-refractivity contribution in [3.05, 3.63) is 10.4 Å². The van der Waals surface area contributed by atoms with Gasteiger partial charge in [0, 0.05) is 133 Å². The highest BCUT2D eigenvalue weighted by molar-refractivity contribution is 7.86. The maximum atomic E-state index is 11.7. The number of esters is 1. The van der Waals surface area contributed by atoms with Gasteiger partial charge < -0.3 is 112 Å².